The van der Waals surface area contributed by atoms with E-state index in [0.717, 1.165) is 19.4 Å². The van der Waals surface area contributed by atoms with Crippen LogP contribution in [0.2, 0.25) is 5.02 Å². The van der Waals surface area contributed by atoms with E-state index in [1.54, 1.807) is 12.1 Å². The molecule has 0 spiro atoms. The summed E-state index contributed by atoms with van der Waals surface area (Å²) < 4.78 is 13.5. The van der Waals surface area contributed by atoms with Crippen molar-refractivity contribution < 1.29 is 4.39 Å². The van der Waals surface area contributed by atoms with Crippen LogP contribution in [0.4, 0.5) is 4.39 Å². The molecule has 18 heavy (non-hydrogen) atoms. The van der Waals surface area contributed by atoms with Gasteiger partial charge in [-0.15, -0.1) is 11.6 Å². The largest absolute Gasteiger partial charge is 0.312 e. The number of nitrogens with one attached hydrogen (secondary N) is 1. The predicted molar refractivity (Wildman–Crippen MR) is 74.7 cm³/mol. The molecule has 0 unspecified atom stereocenters. The van der Waals surface area contributed by atoms with Crippen molar-refractivity contribution in [1.82, 2.24) is 5.32 Å². The number of alkyl halides is 1. The van der Waals surface area contributed by atoms with E-state index in [1.165, 1.54) is 18.9 Å². The van der Waals surface area contributed by atoms with Gasteiger partial charge in [0.25, 0.3) is 0 Å². The summed E-state index contributed by atoms with van der Waals surface area (Å²) in [5, 5.41) is 4.25. The molecule has 0 amide bonds. The Hall–Kier alpha value is -0.310. The molecule has 1 nitrogen and oxygen atoms in total. The van der Waals surface area contributed by atoms with Crippen molar-refractivity contribution in [1.29, 1.82) is 0 Å². The second-order valence-electron chi connectivity index (χ2n) is 4.98. The Bertz CT molecular complexity index is 389. The van der Waals surface area contributed by atoms with Gasteiger partial charge in [0.15, 0.2) is 0 Å². The Morgan fingerprint density at radius 1 is 1.22 bits per heavy atom. The molecule has 2 rings (SSSR count). The maximum atomic E-state index is 13.5. The second-order valence-corrected chi connectivity index (χ2v) is 6.04. The van der Waals surface area contributed by atoms with Crippen LogP contribution in [0.25, 0.3) is 0 Å². The average Bonchev–Trinajstić information content (AvgIpc) is 2.36. The Kier molecular flexibility index (Phi) is 5.28. The van der Waals surface area contributed by atoms with Crippen LogP contribution in [0.3, 0.4) is 0 Å². The normalized spacial score (nSPS) is 24.2. The van der Waals surface area contributed by atoms with Crippen LogP contribution in [-0.2, 0) is 6.54 Å². The SMILES string of the molecule is Fc1ccc(Cl)cc1CNCC1CCC(Cl)CC1. The van der Waals surface area contributed by atoms with Gasteiger partial charge in [-0.05, 0) is 56.3 Å². The van der Waals surface area contributed by atoms with E-state index in [2.05, 4.69) is 5.32 Å². The highest BCUT2D eigenvalue weighted by Gasteiger charge is 2.18. The van der Waals surface area contributed by atoms with Crippen LogP contribution in [0.5, 0.6) is 0 Å². The third-order valence-corrected chi connectivity index (χ3v) is 4.20. The van der Waals surface area contributed by atoms with Crippen molar-refractivity contribution in [2.75, 3.05) is 6.54 Å². The Morgan fingerprint density at radius 3 is 2.67 bits per heavy atom. The minimum Gasteiger partial charge on any atom is -0.312 e. The van der Waals surface area contributed by atoms with Crippen LogP contribution >= 0.6 is 23.2 Å². The molecular weight excluding hydrogens is 272 g/mol. The van der Waals surface area contributed by atoms with Crippen LogP contribution < -0.4 is 5.32 Å². The van der Waals surface area contributed by atoms with E-state index in [1.807, 2.05) is 0 Å². The fraction of sp³-hybridized carbons (Fsp3) is 0.571. The summed E-state index contributed by atoms with van der Waals surface area (Å²) in [6.45, 7) is 1.46. The molecule has 0 bridgehead atoms. The monoisotopic (exact) mass is 289 g/mol. The Balaban J connectivity index is 1.76. The quantitative estimate of drug-likeness (QED) is 0.812. The molecule has 4 heteroatoms. The third kappa shape index (κ3) is 4.11. The molecular formula is C14H18Cl2FN. The lowest BCUT2D eigenvalue weighted by atomic mass is 9.89. The van der Waals surface area contributed by atoms with E-state index in [9.17, 15) is 4.39 Å². The Labute approximate surface area is 118 Å². The standard InChI is InChI=1S/C14H18Cl2FN/c15-12-3-1-10(2-4-12)8-18-9-11-7-13(16)5-6-14(11)17/h5-7,10,12,18H,1-4,8-9H2. The molecule has 100 valence electrons. The summed E-state index contributed by atoms with van der Waals surface area (Å²) in [5.74, 6) is 0.471. The van der Waals surface area contributed by atoms with Crippen LogP contribution in [-0.4, -0.2) is 11.9 Å². The first kappa shape index (κ1) is 14.1. The number of benzene rings is 1. The van der Waals surface area contributed by atoms with Gasteiger partial charge in [-0.3, -0.25) is 0 Å². The van der Waals surface area contributed by atoms with Gasteiger partial charge in [0.05, 0.1) is 0 Å². The first-order valence-electron chi connectivity index (χ1n) is 6.44. The van der Waals surface area contributed by atoms with Gasteiger partial charge in [-0.2, -0.15) is 0 Å². The van der Waals surface area contributed by atoms with Gasteiger partial charge in [-0.25, -0.2) is 4.39 Å². The number of hydrogen-bond acceptors (Lipinski definition) is 1. The summed E-state index contributed by atoms with van der Waals surface area (Å²) >= 11 is 11.9. The lowest BCUT2D eigenvalue weighted by molar-refractivity contribution is 0.345. The molecule has 0 radical (unpaired) electrons. The zero-order chi connectivity index (χ0) is 13.0. The lowest BCUT2D eigenvalue weighted by Gasteiger charge is -2.25. The Morgan fingerprint density at radius 2 is 1.94 bits per heavy atom. The molecule has 1 aromatic carbocycles. The molecule has 1 aliphatic rings. The number of halogens is 3. The van der Waals surface area contributed by atoms with Crippen molar-refractivity contribution in [3.63, 3.8) is 0 Å². The number of rotatable bonds is 4. The molecule has 1 fully saturated rings. The second kappa shape index (κ2) is 6.74. The lowest BCUT2D eigenvalue weighted by Crippen LogP contribution is -2.26. The molecule has 1 aromatic rings. The summed E-state index contributed by atoms with van der Waals surface area (Å²) in [4.78, 5) is 0. The van der Waals surface area contributed by atoms with E-state index in [4.69, 9.17) is 23.2 Å². The maximum Gasteiger partial charge on any atom is 0.127 e. The maximum absolute atomic E-state index is 13.5. The van der Waals surface area contributed by atoms with Crippen molar-refractivity contribution in [3.8, 4) is 0 Å². The van der Waals surface area contributed by atoms with E-state index < -0.39 is 0 Å². The minimum atomic E-state index is -0.198. The van der Waals surface area contributed by atoms with Gasteiger partial charge in [0.2, 0.25) is 0 Å². The zero-order valence-electron chi connectivity index (χ0n) is 10.3. The summed E-state index contributed by atoms with van der Waals surface area (Å²) in [7, 11) is 0. The number of hydrogen-bond donors (Lipinski definition) is 1. The molecule has 0 atom stereocenters. The van der Waals surface area contributed by atoms with E-state index in [-0.39, 0.29) is 5.82 Å². The molecule has 1 saturated carbocycles. The van der Waals surface area contributed by atoms with Gasteiger partial charge in [0.1, 0.15) is 5.82 Å². The first-order valence-corrected chi connectivity index (χ1v) is 7.25. The molecule has 0 saturated heterocycles. The van der Waals surface area contributed by atoms with Crippen molar-refractivity contribution in [2.24, 2.45) is 5.92 Å². The van der Waals surface area contributed by atoms with Gasteiger partial charge in [-0.1, -0.05) is 11.6 Å². The molecule has 0 aliphatic heterocycles. The fourth-order valence-corrected chi connectivity index (χ4v) is 2.86. The van der Waals surface area contributed by atoms with Crippen molar-refractivity contribution in [2.45, 2.75) is 37.6 Å². The van der Waals surface area contributed by atoms with Gasteiger partial charge >= 0.3 is 0 Å². The summed E-state index contributed by atoms with van der Waals surface area (Å²) in [5.41, 5.74) is 0.633. The third-order valence-electron chi connectivity index (χ3n) is 3.53. The zero-order valence-corrected chi connectivity index (χ0v) is 11.8. The molecule has 1 N–H and O–H groups in total. The first-order chi connectivity index (χ1) is 8.65. The van der Waals surface area contributed by atoms with E-state index in [0.29, 0.717) is 28.4 Å². The molecule has 1 aliphatic carbocycles. The van der Waals surface area contributed by atoms with Crippen molar-refractivity contribution in [3.05, 3.63) is 34.6 Å². The summed E-state index contributed by atoms with van der Waals surface area (Å²) in [6.07, 6.45) is 4.53. The summed E-state index contributed by atoms with van der Waals surface area (Å²) in [6, 6.07) is 4.67. The highest BCUT2D eigenvalue weighted by molar-refractivity contribution is 6.30. The van der Waals surface area contributed by atoms with Crippen molar-refractivity contribution >= 4 is 23.2 Å². The average molecular weight is 290 g/mol. The highest BCUT2D eigenvalue weighted by atomic mass is 35.5. The van der Waals surface area contributed by atoms with Gasteiger partial charge in [0, 0.05) is 22.5 Å². The molecule has 0 heterocycles. The topological polar surface area (TPSA) is 12.0 Å². The minimum absolute atomic E-state index is 0.198. The predicted octanol–water partition coefficient (Wildman–Crippen LogP) is 4.37. The fourth-order valence-electron chi connectivity index (χ4n) is 2.42. The van der Waals surface area contributed by atoms with Crippen LogP contribution in [0, 0.1) is 11.7 Å². The smallest absolute Gasteiger partial charge is 0.127 e. The van der Waals surface area contributed by atoms with Gasteiger partial charge < -0.3 is 5.32 Å². The van der Waals surface area contributed by atoms with Crippen LogP contribution in [0.15, 0.2) is 18.2 Å². The van der Waals surface area contributed by atoms with E-state index >= 15 is 0 Å². The highest BCUT2D eigenvalue weighted by Crippen LogP contribution is 2.27. The molecule has 0 aromatic heterocycles. The van der Waals surface area contributed by atoms with Crippen LogP contribution in [0.1, 0.15) is 31.2 Å².